The SMILES string of the molecule is COC(=O)C[C@@H](O)[C@@H](C)/C=C/C=O. The highest BCUT2D eigenvalue weighted by molar-refractivity contribution is 5.70. The highest BCUT2D eigenvalue weighted by Gasteiger charge is 2.15. The van der Waals surface area contributed by atoms with Gasteiger partial charge in [0, 0.05) is 5.92 Å². The zero-order valence-electron chi connectivity index (χ0n) is 7.77. The number of methoxy groups -OCH3 is 1. The average molecular weight is 186 g/mol. The van der Waals surface area contributed by atoms with Crippen molar-refractivity contribution >= 4 is 12.3 Å². The molecule has 0 saturated heterocycles. The first-order valence-corrected chi connectivity index (χ1v) is 3.98. The molecule has 0 spiro atoms. The third kappa shape index (κ3) is 5.14. The minimum absolute atomic E-state index is 0.0547. The number of carbonyl (C=O) groups excluding carboxylic acids is 2. The van der Waals surface area contributed by atoms with Crippen LogP contribution in [0.4, 0.5) is 0 Å². The Balaban J connectivity index is 3.94. The van der Waals surface area contributed by atoms with E-state index in [9.17, 15) is 14.7 Å². The van der Waals surface area contributed by atoms with Crippen LogP contribution in [0.2, 0.25) is 0 Å². The Hall–Kier alpha value is -1.16. The second-order valence-corrected chi connectivity index (χ2v) is 2.73. The molecule has 0 aromatic heterocycles. The number of rotatable bonds is 5. The summed E-state index contributed by atoms with van der Waals surface area (Å²) in [5.74, 6) is -0.692. The molecule has 74 valence electrons. The van der Waals surface area contributed by atoms with Crippen molar-refractivity contribution in [1.82, 2.24) is 0 Å². The molecule has 0 fully saturated rings. The molecule has 0 aliphatic rings. The van der Waals surface area contributed by atoms with Crippen molar-refractivity contribution in [3.63, 3.8) is 0 Å². The summed E-state index contributed by atoms with van der Waals surface area (Å²) in [6, 6.07) is 0. The summed E-state index contributed by atoms with van der Waals surface area (Å²) in [5, 5.41) is 9.38. The van der Waals surface area contributed by atoms with Crippen LogP contribution in [0.5, 0.6) is 0 Å². The lowest BCUT2D eigenvalue weighted by molar-refractivity contribution is -0.143. The molecule has 0 heterocycles. The van der Waals surface area contributed by atoms with E-state index in [0.717, 1.165) is 0 Å². The van der Waals surface area contributed by atoms with Gasteiger partial charge >= 0.3 is 5.97 Å². The summed E-state index contributed by atoms with van der Waals surface area (Å²) in [7, 11) is 1.26. The van der Waals surface area contributed by atoms with Crippen LogP contribution in [0, 0.1) is 5.92 Å². The number of hydrogen-bond donors (Lipinski definition) is 1. The first-order chi connectivity index (χ1) is 6.11. The van der Waals surface area contributed by atoms with Crippen molar-refractivity contribution < 1.29 is 19.4 Å². The Morgan fingerprint density at radius 3 is 2.69 bits per heavy atom. The standard InChI is InChI=1S/C9H14O4/c1-7(4-3-5-10)8(11)6-9(12)13-2/h3-5,7-8,11H,6H2,1-2H3/b4-3+/t7-,8+/m0/s1. The number of esters is 1. The predicted octanol–water partition coefficient (Wildman–Crippen LogP) is 0.302. The van der Waals surface area contributed by atoms with Crippen LogP contribution in [0.1, 0.15) is 13.3 Å². The van der Waals surface area contributed by atoms with Crippen molar-refractivity contribution in [1.29, 1.82) is 0 Å². The molecule has 0 bridgehead atoms. The maximum atomic E-state index is 10.7. The van der Waals surface area contributed by atoms with Gasteiger partial charge in [0.25, 0.3) is 0 Å². The maximum absolute atomic E-state index is 10.7. The van der Waals surface area contributed by atoms with Gasteiger partial charge in [0.05, 0.1) is 19.6 Å². The smallest absolute Gasteiger partial charge is 0.308 e. The number of aliphatic hydroxyl groups excluding tert-OH is 1. The monoisotopic (exact) mass is 186 g/mol. The number of aliphatic hydroxyl groups is 1. The van der Waals surface area contributed by atoms with Crippen LogP contribution in [0.3, 0.4) is 0 Å². The summed E-state index contributed by atoms with van der Waals surface area (Å²) < 4.78 is 4.38. The molecule has 0 aromatic carbocycles. The minimum atomic E-state index is -0.802. The van der Waals surface area contributed by atoms with Gasteiger partial charge < -0.3 is 9.84 Å². The molecule has 0 unspecified atom stereocenters. The lowest BCUT2D eigenvalue weighted by Crippen LogP contribution is -2.20. The molecule has 1 N–H and O–H groups in total. The third-order valence-corrected chi connectivity index (χ3v) is 1.70. The van der Waals surface area contributed by atoms with Gasteiger partial charge in [0.2, 0.25) is 0 Å². The van der Waals surface area contributed by atoms with E-state index in [1.807, 2.05) is 0 Å². The summed E-state index contributed by atoms with van der Waals surface area (Å²) in [6.45, 7) is 1.72. The Kier molecular flexibility index (Phi) is 5.80. The van der Waals surface area contributed by atoms with Gasteiger partial charge in [-0.05, 0) is 6.08 Å². The summed E-state index contributed by atoms with van der Waals surface area (Å²) >= 11 is 0. The van der Waals surface area contributed by atoms with E-state index < -0.39 is 12.1 Å². The van der Waals surface area contributed by atoms with Crippen molar-refractivity contribution in [2.24, 2.45) is 5.92 Å². The van der Waals surface area contributed by atoms with Gasteiger partial charge in [0.15, 0.2) is 0 Å². The molecular formula is C9H14O4. The van der Waals surface area contributed by atoms with E-state index in [0.29, 0.717) is 6.29 Å². The fourth-order valence-corrected chi connectivity index (χ4v) is 0.789. The molecule has 4 nitrogen and oxygen atoms in total. The van der Waals surface area contributed by atoms with E-state index in [2.05, 4.69) is 4.74 Å². The van der Waals surface area contributed by atoms with Gasteiger partial charge in [0.1, 0.15) is 6.29 Å². The summed E-state index contributed by atoms with van der Waals surface area (Å²) in [5.41, 5.74) is 0. The highest BCUT2D eigenvalue weighted by Crippen LogP contribution is 2.08. The predicted molar refractivity (Wildman–Crippen MR) is 47.0 cm³/mol. The zero-order chi connectivity index (χ0) is 10.3. The van der Waals surface area contributed by atoms with Crippen LogP contribution < -0.4 is 0 Å². The number of hydrogen-bond acceptors (Lipinski definition) is 4. The van der Waals surface area contributed by atoms with Gasteiger partial charge in [-0.3, -0.25) is 9.59 Å². The van der Waals surface area contributed by atoms with E-state index in [1.165, 1.54) is 13.2 Å². The Morgan fingerprint density at radius 1 is 1.62 bits per heavy atom. The molecular weight excluding hydrogens is 172 g/mol. The average Bonchev–Trinajstić information content (AvgIpc) is 2.13. The molecule has 0 amide bonds. The van der Waals surface area contributed by atoms with Crippen LogP contribution in [-0.2, 0) is 14.3 Å². The molecule has 4 heteroatoms. The summed E-state index contributed by atoms with van der Waals surface area (Å²) in [4.78, 5) is 20.7. The van der Waals surface area contributed by atoms with Gasteiger partial charge in [-0.15, -0.1) is 0 Å². The lowest BCUT2D eigenvalue weighted by atomic mass is 10.0. The van der Waals surface area contributed by atoms with E-state index in [4.69, 9.17) is 0 Å². The first kappa shape index (κ1) is 11.8. The highest BCUT2D eigenvalue weighted by atomic mass is 16.5. The maximum Gasteiger partial charge on any atom is 0.308 e. The van der Waals surface area contributed by atoms with E-state index in [-0.39, 0.29) is 12.3 Å². The topological polar surface area (TPSA) is 63.6 Å². The minimum Gasteiger partial charge on any atom is -0.469 e. The van der Waals surface area contributed by atoms with Gasteiger partial charge in [-0.2, -0.15) is 0 Å². The fourth-order valence-electron chi connectivity index (χ4n) is 0.789. The van der Waals surface area contributed by atoms with Crippen molar-refractivity contribution in [2.75, 3.05) is 7.11 Å². The summed E-state index contributed by atoms with van der Waals surface area (Å²) in [6.07, 6.45) is 2.61. The first-order valence-electron chi connectivity index (χ1n) is 3.98. The molecule has 2 atom stereocenters. The molecule has 0 aliphatic heterocycles. The third-order valence-electron chi connectivity index (χ3n) is 1.70. The molecule has 0 radical (unpaired) electrons. The molecule has 0 saturated carbocycles. The lowest BCUT2D eigenvalue weighted by Gasteiger charge is -2.13. The quantitative estimate of drug-likeness (QED) is 0.381. The Bertz CT molecular complexity index is 198. The molecule has 0 aliphatic carbocycles. The van der Waals surface area contributed by atoms with Crippen molar-refractivity contribution in [3.8, 4) is 0 Å². The normalized spacial score (nSPS) is 15.3. The largest absolute Gasteiger partial charge is 0.469 e. The zero-order valence-corrected chi connectivity index (χ0v) is 7.77. The van der Waals surface area contributed by atoms with Crippen LogP contribution in [0.15, 0.2) is 12.2 Å². The number of allylic oxidation sites excluding steroid dienone is 1. The second kappa shape index (κ2) is 6.37. The number of ether oxygens (including phenoxy) is 1. The van der Waals surface area contributed by atoms with Crippen molar-refractivity contribution in [2.45, 2.75) is 19.4 Å². The second-order valence-electron chi connectivity index (χ2n) is 2.73. The Morgan fingerprint density at radius 2 is 2.23 bits per heavy atom. The van der Waals surface area contributed by atoms with Crippen LogP contribution >= 0.6 is 0 Å². The van der Waals surface area contributed by atoms with Gasteiger partial charge in [-0.25, -0.2) is 0 Å². The van der Waals surface area contributed by atoms with E-state index in [1.54, 1.807) is 13.0 Å². The van der Waals surface area contributed by atoms with Crippen molar-refractivity contribution in [3.05, 3.63) is 12.2 Å². The van der Waals surface area contributed by atoms with Crippen LogP contribution in [-0.4, -0.2) is 30.6 Å². The Labute approximate surface area is 77.2 Å². The fraction of sp³-hybridized carbons (Fsp3) is 0.556. The number of aldehydes is 1. The molecule has 0 aromatic rings. The molecule has 13 heavy (non-hydrogen) atoms. The number of carbonyl (C=O) groups is 2. The van der Waals surface area contributed by atoms with Gasteiger partial charge in [-0.1, -0.05) is 13.0 Å². The van der Waals surface area contributed by atoms with E-state index >= 15 is 0 Å². The molecule has 0 rings (SSSR count). The van der Waals surface area contributed by atoms with Crippen LogP contribution in [0.25, 0.3) is 0 Å².